The molecule has 1 saturated heterocycles. The summed E-state index contributed by atoms with van der Waals surface area (Å²) in [7, 11) is 0. The fourth-order valence-corrected chi connectivity index (χ4v) is 5.39. The predicted octanol–water partition coefficient (Wildman–Crippen LogP) is 4.30. The molecule has 2 aromatic carbocycles. The van der Waals surface area contributed by atoms with E-state index in [2.05, 4.69) is 27.2 Å². The smallest absolute Gasteiger partial charge is 0.140 e. The van der Waals surface area contributed by atoms with Gasteiger partial charge in [-0.2, -0.15) is 0 Å². The van der Waals surface area contributed by atoms with Crippen molar-refractivity contribution < 1.29 is 4.74 Å². The van der Waals surface area contributed by atoms with Crippen LogP contribution in [0.4, 0.5) is 5.69 Å². The summed E-state index contributed by atoms with van der Waals surface area (Å²) >= 11 is 12.9. The van der Waals surface area contributed by atoms with Crippen molar-refractivity contribution in [2.45, 2.75) is 37.5 Å². The molecule has 0 spiro atoms. The SMILES string of the molecule is N[C@@H]1CCCN([C@H]2Cc3c(Cl)cc(Cl)cc3[C@@H]2Oc2ccc(N3C=CNC3)cc2)C1. The fourth-order valence-electron chi connectivity index (χ4n) is 4.81. The molecule has 2 aromatic rings. The van der Waals surface area contributed by atoms with Crippen LogP contribution in [0.25, 0.3) is 0 Å². The number of ether oxygens (including phenoxy) is 1. The zero-order chi connectivity index (χ0) is 20.7. The minimum absolute atomic E-state index is 0.124. The van der Waals surface area contributed by atoms with Crippen LogP contribution in [0, 0.1) is 0 Å². The molecule has 5 nitrogen and oxygen atoms in total. The zero-order valence-corrected chi connectivity index (χ0v) is 18.2. The number of rotatable bonds is 4. The summed E-state index contributed by atoms with van der Waals surface area (Å²) in [6.45, 7) is 2.70. The van der Waals surface area contributed by atoms with Gasteiger partial charge in [-0.1, -0.05) is 23.2 Å². The van der Waals surface area contributed by atoms with Crippen molar-refractivity contribution in [3.8, 4) is 5.75 Å². The number of nitrogens with one attached hydrogen (secondary N) is 1. The van der Waals surface area contributed by atoms with Gasteiger partial charge in [0.1, 0.15) is 11.9 Å². The van der Waals surface area contributed by atoms with Gasteiger partial charge >= 0.3 is 0 Å². The first-order valence-corrected chi connectivity index (χ1v) is 11.2. The van der Waals surface area contributed by atoms with E-state index in [0.717, 1.165) is 66.6 Å². The van der Waals surface area contributed by atoms with Crippen LogP contribution >= 0.6 is 23.2 Å². The summed E-state index contributed by atoms with van der Waals surface area (Å²) in [4.78, 5) is 4.62. The number of benzene rings is 2. The van der Waals surface area contributed by atoms with Gasteiger partial charge < -0.3 is 20.7 Å². The van der Waals surface area contributed by atoms with E-state index in [1.807, 2.05) is 36.7 Å². The molecule has 0 bridgehead atoms. The molecule has 0 unspecified atom stereocenters. The summed E-state index contributed by atoms with van der Waals surface area (Å²) in [5.74, 6) is 0.843. The molecule has 30 heavy (non-hydrogen) atoms. The highest BCUT2D eigenvalue weighted by Crippen LogP contribution is 2.43. The Balaban J connectivity index is 1.43. The van der Waals surface area contributed by atoms with E-state index in [-0.39, 0.29) is 18.2 Å². The van der Waals surface area contributed by atoms with Gasteiger partial charge in [-0.25, -0.2) is 0 Å². The molecule has 0 amide bonds. The van der Waals surface area contributed by atoms with Crippen molar-refractivity contribution in [3.63, 3.8) is 0 Å². The molecule has 2 heterocycles. The van der Waals surface area contributed by atoms with Crippen molar-refractivity contribution >= 4 is 28.9 Å². The Morgan fingerprint density at radius 3 is 2.70 bits per heavy atom. The third-order valence-electron chi connectivity index (χ3n) is 6.29. The first-order valence-electron chi connectivity index (χ1n) is 10.5. The summed E-state index contributed by atoms with van der Waals surface area (Å²) in [6, 6.07) is 12.5. The minimum Gasteiger partial charge on any atom is -0.484 e. The lowest BCUT2D eigenvalue weighted by molar-refractivity contribution is 0.0593. The van der Waals surface area contributed by atoms with Crippen LogP contribution in [0.15, 0.2) is 48.8 Å². The largest absolute Gasteiger partial charge is 0.484 e. The Morgan fingerprint density at radius 1 is 1.13 bits per heavy atom. The number of nitrogens with zero attached hydrogens (tertiary/aromatic N) is 2. The number of hydrogen-bond donors (Lipinski definition) is 2. The number of anilines is 1. The summed E-state index contributed by atoms with van der Waals surface area (Å²) < 4.78 is 6.58. The molecule has 1 aliphatic carbocycles. The van der Waals surface area contributed by atoms with E-state index in [0.29, 0.717) is 5.02 Å². The van der Waals surface area contributed by atoms with Crippen LogP contribution in [0.2, 0.25) is 10.0 Å². The lowest BCUT2D eigenvalue weighted by atomic mass is 10.0. The molecular weight excluding hydrogens is 419 g/mol. The first kappa shape index (κ1) is 20.0. The quantitative estimate of drug-likeness (QED) is 0.735. The number of halogens is 2. The van der Waals surface area contributed by atoms with Gasteiger partial charge in [0.2, 0.25) is 0 Å². The van der Waals surface area contributed by atoms with E-state index < -0.39 is 0 Å². The average molecular weight is 445 g/mol. The number of fused-ring (bicyclic) bond motifs is 1. The van der Waals surface area contributed by atoms with Gasteiger partial charge in [0.15, 0.2) is 0 Å². The molecule has 158 valence electrons. The lowest BCUT2D eigenvalue weighted by Crippen LogP contribution is -2.49. The van der Waals surface area contributed by atoms with Crippen molar-refractivity contribution in [2.75, 3.05) is 24.7 Å². The number of nitrogens with two attached hydrogens (primary N) is 1. The second-order valence-electron chi connectivity index (χ2n) is 8.30. The minimum atomic E-state index is -0.124. The van der Waals surface area contributed by atoms with E-state index in [1.54, 1.807) is 0 Å². The van der Waals surface area contributed by atoms with Gasteiger partial charge in [-0.15, -0.1) is 0 Å². The number of likely N-dealkylation sites (tertiary alicyclic amines) is 1. The topological polar surface area (TPSA) is 53.8 Å². The van der Waals surface area contributed by atoms with E-state index >= 15 is 0 Å². The van der Waals surface area contributed by atoms with Crippen LogP contribution in [-0.4, -0.2) is 36.7 Å². The van der Waals surface area contributed by atoms with Crippen LogP contribution in [0.1, 0.15) is 30.1 Å². The Bertz CT molecular complexity index is 949. The molecule has 7 heteroatoms. The van der Waals surface area contributed by atoms with E-state index in [4.69, 9.17) is 33.7 Å². The van der Waals surface area contributed by atoms with E-state index in [9.17, 15) is 0 Å². The Morgan fingerprint density at radius 2 is 1.97 bits per heavy atom. The fraction of sp³-hybridized carbons (Fsp3) is 0.391. The lowest BCUT2D eigenvalue weighted by Gasteiger charge is -2.38. The van der Waals surface area contributed by atoms with Gasteiger partial charge in [0.05, 0.1) is 12.7 Å². The third-order valence-corrected chi connectivity index (χ3v) is 6.84. The number of piperidine rings is 1. The van der Waals surface area contributed by atoms with Crippen LogP contribution < -0.4 is 20.7 Å². The monoisotopic (exact) mass is 444 g/mol. The zero-order valence-electron chi connectivity index (χ0n) is 16.7. The van der Waals surface area contributed by atoms with Gasteiger partial charge in [-0.3, -0.25) is 4.90 Å². The molecule has 5 rings (SSSR count). The highest BCUT2D eigenvalue weighted by atomic mass is 35.5. The highest BCUT2D eigenvalue weighted by Gasteiger charge is 2.40. The molecule has 0 aromatic heterocycles. The second-order valence-corrected chi connectivity index (χ2v) is 9.15. The van der Waals surface area contributed by atoms with Crippen molar-refractivity contribution in [1.29, 1.82) is 0 Å². The van der Waals surface area contributed by atoms with Gasteiger partial charge in [0.25, 0.3) is 0 Å². The molecule has 3 atom stereocenters. The standard InChI is InChI=1S/C23H26Cl2N4O/c24-15-10-20-19(21(25)11-15)12-22(28-8-1-2-16(26)13-28)23(20)30-18-5-3-17(4-6-18)29-9-7-27-14-29/h3-7,9-11,16,22-23,27H,1-2,8,12-14,26H2/t16-,22+,23+/m1/s1. The van der Waals surface area contributed by atoms with Crippen molar-refractivity contribution in [2.24, 2.45) is 5.73 Å². The molecule has 0 radical (unpaired) electrons. The second kappa shape index (κ2) is 8.31. The van der Waals surface area contributed by atoms with Crippen LogP contribution in [0.5, 0.6) is 5.75 Å². The average Bonchev–Trinajstić information content (AvgIpc) is 3.38. The Kier molecular flexibility index (Phi) is 5.54. The first-order chi connectivity index (χ1) is 14.6. The summed E-state index contributed by atoms with van der Waals surface area (Å²) in [6.07, 6.45) is 6.90. The molecular formula is C23H26Cl2N4O. The van der Waals surface area contributed by atoms with Gasteiger partial charge in [0, 0.05) is 46.3 Å². The molecule has 3 N–H and O–H groups in total. The predicted molar refractivity (Wildman–Crippen MR) is 122 cm³/mol. The maximum Gasteiger partial charge on any atom is 0.140 e. The summed E-state index contributed by atoms with van der Waals surface area (Å²) in [5, 5.41) is 4.55. The maximum absolute atomic E-state index is 6.58. The maximum atomic E-state index is 6.58. The normalized spacial score (nSPS) is 26.0. The van der Waals surface area contributed by atoms with Crippen molar-refractivity contribution in [3.05, 3.63) is 70.0 Å². The Hall–Kier alpha value is -1.92. The molecule has 3 aliphatic rings. The Labute approximate surface area is 187 Å². The van der Waals surface area contributed by atoms with Crippen LogP contribution in [0.3, 0.4) is 0 Å². The van der Waals surface area contributed by atoms with Gasteiger partial charge in [-0.05, 0) is 67.8 Å². The highest BCUT2D eigenvalue weighted by molar-refractivity contribution is 6.35. The molecule has 1 fully saturated rings. The third kappa shape index (κ3) is 3.87. The van der Waals surface area contributed by atoms with E-state index in [1.165, 1.54) is 0 Å². The number of hydrogen-bond acceptors (Lipinski definition) is 5. The van der Waals surface area contributed by atoms with Crippen molar-refractivity contribution in [1.82, 2.24) is 10.2 Å². The molecule has 2 aliphatic heterocycles. The van der Waals surface area contributed by atoms with Crippen LogP contribution in [-0.2, 0) is 6.42 Å². The summed E-state index contributed by atoms with van der Waals surface area (Å²) in [5.41, 5.74) is 9.64. The molecule has 0 saturated carbocycles.